The van der Waals surface area contributed by atoms with Gasteiger partial charge in [-0.1, -0.05) is 0 Å². The molecule has 0 saturated carbocycles. The van der Waals surface area contributed by atoms with E-state index in [0.29, 0.717) is 17.1 Å². The highest BCUT2D eigenvalue weighted by molar-refractivity contribution is 7.47. The van der Waals surface area contributed by atoms with Crippen molar-refractivity contribution in [3.05, 3.63) is 41.6 Å². The quantitative estimate of drug-likeness (QED) is 0.820. The van der Waals surface area contributed by atoms with Crippen molar-refractivity contribution in [1.29, 1.82) is 0 Å². The largest absolute Gasteiger partial charge is 0.264 e. The number of aryl methyl sites for hydroxylation is 1. The summed E-state index contributed by atoms with van der Waals surface area (Å²) >= 11 is 4.50. The van der Waals surface area contributed by atoms with Gasteiger partial charge in [0.15, 0.2) is 5.82 Å². The fourth-order valence-corrected chi connectivity index (χ4v) is 1.45. The van der Waals surface area contributed by atoms with Crippen LogP contribution in [0.5, 0.6) is 0 Å². The molecule has 0 radical (unpaired) electrons. The van der Waals surface area contributed by atoms with Gasteiger partial charge in [0.25, 0.3) is 0 Å². The number of rotatable bonds is 3. The van der Waals surface area contributed by atoms with Crippen molar-refractivity contribution in [3.8, 4) is 0 Å². The highest BCUT2D eigenvalue weighted by Gasteiger charge is 2.07. The second-order valence-corrected chi connectivity index (χ2v) is 3.53. The topological polar surface area (TPSA) is 43.1 Å². The van der Waals surface area contributed by atoms with Gasteiger partial charge in [0, 0.05) is 30.9 Å². The Labute approximate surface area is 97.3 Å². The Morgan fingerprint density at radius 2 is 2.31 bits per heavy atom. The van der Waals surface area contributed by atoms with Gasteiger partial charge >= 0.3 is 0 Å². The van der Waals surface area contributed by atoms with E-state index in [1.54, 1.807) is 36.1 Å². The number of hydrogen-bond donors (Lipinski definition) is 0. The van der Waals surface area contributed by atoms with Crippen LogP contribution >= 0.6 is 0 Å². The normalized spacial score (nSPS) is 10.4. The molecule has 0 N–H and O–H groups in total. The molecule has 2 heterocycles. The molecular weight excluding hydrogens is 227 g/mol. The fourth-order valence-electron chi connectivity index (χ4n) is 1.35. The van der Waals surface area contributed by atoms with E-state index in [4.69, 9.17) is 0 Å². The van der Waals surface area contributed by atoms with E-state index in [0.717, 1.165) is 0 Å². The molecular formula is C10H9FN4S. The summed E-state index contributed by atoms with van der Waals surface area (Å²) in [4.78, 5) is 3.98. The van der Waals surface area contributed by atoms with E-state index in [1.165, 1.54) is 0 Å². The Morgan fingerprint density at radius 3 is 3.00 bits per heavy atom. The van der Waals surface area contributed by atoms with Gasteiger partial charge in [0.2, 0.25) is 0 Å². The highest BCUT2D eigenvalue weighted by Crippen LogP contribution is 2.12. The molecule has 0 aliphatic carbocycles. The number of aromatic nitrogens is 3. The van der Waals surface area contributed by atoms with Crippen LogP contribution in [0.4, 0.5) is 10.2 Å². The van der Waals surface area contributed by atoms with Crippen molar-refractivity contribution in [1.82, 2.24) is 14.8 Å². The van der Waals surface area contributed by atoms with E-state index < -0.39 is 0 Å². The summed E-state index contributed by atoms with van der Waals surface area (Å²) in [7, 11) is 0. The number of halogens is 1. The lowest BCUT2D eigenvalue weighted by Crippen LogP contribution is -2.05. The lowest BCUT2D eigenvalue weighted by atomic mass is 10.2. The molecule has 0 aromatic carbocycles. The van der Waals surface area contributed by atoms with Crippen LogP contribution in [0.3, 0.4) is 0 Å². The molecule has 0 amide bonds. The van der Waals surface area contributed by atoms with Crippen molar-refractivity contribution in [2.24, 2.45) is 4.36 Å². The summed E-state index contributed by atoms with van der Waals surface area (Å²) in [5, 5.41) is 4.03. The van der Waals surface area contributed by atoms with Crippen molar-refractivity contribution < 1.29 is 4.39 Å². The zero-order chi connectivity index (χ0) is 11.5. The predicted octanol–water partition coefficient (Wildman–Crippen LogP) is 2.14. The van der Waals surface area contributed by atoms with Crippen LogP contribution in [-0.2, 0) is 19.0 Å². The molecule has 2 rings (SSSR count). The third kappa shape index (κ3) is 2.11. The first-order valence-electron chi connectivity index (χ1n) is 4.67. The van der Waals surface area contributed by atoms with Gasteiger partial charge in [-0.25, -0.2) is 4.39 Å². The molecule has 6 heteroatoms. The first kappa shape index (κ1) is 10.8. The van der Waals surface area contributed by atoms with Gasteiger partial charge in [-0.3, -0.25) is 9.67 Å². The van der Waals surface area contributed by atoms with Crippen LogP contribution in [0.1, 0.15) is 11.3 Å². The minimum atomic E-state index is -0.296. The summed E-state index contributed by atoms with van der Waals surface area (Å²) < 4.78 is 18.7. The molecule has 16 heavy (non-hydrogen) atoms. The number of nitrogens with zero attached hydrogens (tertiary/aromatic N) is 4. The van der Waals surface area contributed by atoms with Crippen LogP contribution in [-0.4, -0.2) is 14.8 Å². The molecule has 0 saturated heterocycles. The molecule has 0 atom stereocenters. The zero-order valence-electron chi connectivity index (χ0n) is 8.59. The van der Waals surface area contributed by atoms with E-state index >= 15 is 0 Å². The first-order chi connectivity index (χ1) is 7.70. The van der Waals surface area contributed by atoms with Gasteiger partial charge in [0.1, 0.15) is 5.82 Å². The van der Waals surface area contributed by atoms with E-state index in [2.05, 4.69) is 26.9 Å². The maximum atomic E-state index is 13.6. The highest BCUT2D eigenvalue weighted by atomic mass is 32.1. The number of pyridine rings is 1. The molecule has 0 fully saturated rings. The van der Waals surface area contributed by atoms with Gasteiger partial charge < -0.3 is 0 Å². The lowest BCUT2D eigenvalue weighted by molar-refractivity contribution is 0.564. The molecule has 4 nitrogen and oxygen atoms in total. The lowest BCUT2D eigenvalue weighted by Gasteiger charge is -2.04. The molecule has 2 aromatic heterocycles. The summed E-state index contributed by atoms with van der Waals surface area (Å²) in [6, 6.07) is 3.30. The van der Waals surface area contributed by atoms with E-state index in [9.17, 15) is 4.39 Å². The SMILES string of the molecule is Cc1ccnc(Cn2ccc(N=S)n2)c1F. The molecule has 2 aromatic rings. The van der Waals surface area contributed by atoms with Gasteiger partial charge in [-0.15, -0.1) is 0 Å². The monoisotopic (exact) mass is 236 g/mol. The van der Waals surface area contributed by atoms with Crippen molar-refractivity contribution in [2.45, 2.75) is 13.5 Å². The molecule has 0 aliphatic rings. The van der Waals surface area contributed by atoms with Crippen LogP contribution in [0.25, 0.3) is 0 Å². The van der Waals surface area contributed by atoms with Crippen LogP contribution in [0, 0.1) is 12.7 Å². The summed E-state index contributed by atoms with van der Waals surface area (Å²) in [5.41, 5.74) is 0.935. The molecule has 0 aliphatic heterocycles. The molecule has 0 bridgehead atoms. The Hall–Kier alpha value is -1.69. The average molecular weight is 236 g/mol. The number of hydrogen-bond acceptors (Lipinski definition) is 4. The van der Waals surface area contributed by atoms with Gasteiger partial charge in [0.05, 0.1) is 12.2 Å². The molecule has 82 valence electrons. The third-order valence-electron chi connectivity index (χ3n) is 2.19. The van der Waals surface area contributed by atoms with Crippen molar-refractivity contribution in [2.75, 3.05) is 0 Å². The van der Waals surface area contributed by atoms with Crippen LogP contribution in [0.15, 0.2) is 28.9 Å². The van der Waals surface area contributed by atoms with Gasteiger partial charge in [-0.05, 0) is 18.6 Å². The smallest absolute Gasteiger partial charge is 0.187 e. The molecule has 0 unspecified atom stereocenters. The summed E-state index contributed by atoms with van der Waals surface area (Å²) in [5.74, 6) is 0.151. The van der Waals surface area contributed by atoms with E-state index in [-0.39, 0.29) is 12.4 Å². The third-order valence-corrected chi connectivity index (χ3v) is 2.37. The Morgan fingerprint density at radius 1 is 1.50 bits per heavy atom. The Bertz CT molecular complexity index is 523. The van der Waals surface area contributed by atoms with E-state index in [1.807, 2.05) is 0 Å². The second kappa shape index (κ2) is 4.44. The second-order valence-electron chi connectivity index (χ2n) is 3.35. The summed E-state index contributed by atoms with van der Waals surface area (Å²) in [6.45, 7) is 1.98. The van der Waals surface area contributed by atoms with Crippen molar-refractivity contribution >= 4 is 18.2 Å². The maximum Gasteiger partial charge on any atom is 0.187 e. The standard InChI is InChI=1S/C10H9FN4S/c1-7-2-4-12-8(10(7)11)6-15-5-3-9(13-15)14-16/h2-5H,6H2,1H3. The Kier molecular flexibility index (Phi) is 3.00. The molecule has 0 spiro atoms. The fraction of sp³-hybridized carbons (Fsp3) is 0.200. The minimum absolute atomic E-state index is 0.276. The average Bonchev–Trinajstić information content (AvgIpc) is 2.73. The van der Waals surface area contributed by atoms with Crippen LogP contribution < -0.4 is 0 Å². The zero-order valence-corrected chi connectivity index (χ0v) is 9.41. The predicted molar refractivity (Wildman–Crippen MR) is 59.7 cm³/mol. The van der Waals surface area contributed by atoms with Crippen LogP contribution in [0.2, 0.25) is 0 Å². The summed E-state index contributed by atoms with van der Waals surface area (Å²) in [6.07, 6.45) is 3.27. The first-order valence-corrected chi connectivity index (χ1v) is 5.04. The van der Waals surface area contributed by atoms with Gasteiger partial charge in [-0.2, -0.15) is 9.46 Å². The van der Waals surface area contributed by atoms with Crippen molar-refractivity contribution in [3.63, 3.8) is 0 Å². The minimum Gasteiger partial charge on any atom is -0.264 e. The maximum absolute atomic E-state index is 13.6. The Balaban J connectivity index is 2.26.